The largest absolute Gasteiger partial charge is 0.325 e. The molecule has 1 atom stereocenters. The second kappa shape index (κ2) is 8.35. The number of benzene rings is 2. The van der Waals surface area contributed by atoms with Crippen molar-refractivity contribution in [1.82, 2.24) is 20.2 Å². The first-order valence-electron chi connectivity index (χ1n) is 8.54. The van der Waals surface area contributed by atoms with Crippen molar-refractivity contribution in [3.8, 4) is 5.69 Å². The number of nitro groups is 1. The van der Waals surface area contributed by atoms with Crippen LogP contribution in [-0.2, 0) is 4.79 Å². The van der Waals surface area contributed by atoms with Crippen molar-refractivity contribution < 1.29 is 14.1 Å². The third-order valence-electron chi connectivity index (χ3n) is 4.31. The fourth-order valence-electron chi connectivity index (χ4n) is 2.55. The number of aromatic nitrogens is 4. The Hall–Kier alpha value is -3.34. The van der Waals surface area contributed by atoms with Gasteiger partial charge in [-0.2, -0.15) is 9.07 Å². The minimum Gasteiger partial charge on any atom is -0.325 e. The van der Waals surface area contributed by atoms with Gasteiger partial charge in [0, 0.05) is 11.8 Å². The molecular formula is C18H17FN6O3S. The maximum Gasteiger partial charge on any atom is 0.306 e. The Kier molecular flexibility index (Phi) is 5.87. The van der Waals surface area contributed by atoms with E-state index in [1.807, 2.05) is 32.0 Å². The molecule has 9 nitrogen and oxygen atoms in total. The number of nitro benzene ring substituents is 1. The van der Waals surface area contributed by atoms with Crippen molar-refractivity contribution in [2.75, 3.05) is 5.32 Å². The molecule has 1 heterocycles. The highest BCUT2D eigenvalue weighted by Gasteiger charge is 2.21. The summed E-state index contributed by atoms with van der Waals surface area (Å²) in [5.74, 6) is -1.39. The first-order valence-corrected chi connectivity index (χ1v) is 9.42. The van der Waals surface area contributed by atoms with Gasteiger partial charge in [0.2, 0.25) is 16.9 Å². The van der Waals surface area contributed by atoms with Gasteiger partial charge in [-0.15, -0.1) is 5.10 Å². The number of nitrogens with zero attached hydrogens (tertiary/aromatic N) is 5. The predicted molar refractivity (Wildman–Crippen MR) is 106 cm³/mol. The predicted octanol–water partition coefficient (Wildman–Crippen LogP) is 3.45. The van der Waals surface area contributed by atoms with Crippen LogP contribution < -0.4 is 5.32 Å². The molecule has 1 unspecified atom stereocenters. The molecule has 1 aromatic heterocycles. The molecule has 1 N–H and O–H groups in total. The zero-order chi connectivity index (χ0) is 21.1. The van der Waals surface area contributed by atoms with E-state index < -0.39 is 27.6 Å². The SMILES string of the molecule is Cc1cccc(-n2nnnc2SC(C)C(=O)Nc2ccc(F)c([N+](=O)[O-])c2)c1C. The van der Waals surface area contributed by atoms with E-state index in [0.717, 1.165) is 40.7 Å². The molecule has 29 heavy (non-hydrogen) atoms. The molecule has 2 aromatic carbocycles. The second-order valence-electron chi connectivity index (χ2n) is 6.26. The van der Waals surface area contributed by atoms with Gasteiger partial charge in [-0.3, -0.25) is 14.9 Å². The van der Waals surface area contributed by atoms with Crippen LogP contribution in [0.1, 0.15) is 18.1 Å². The van der Waals surface area contributed by atoms with E-state index in [-0.39, 0.29) is 5.69 Å². The van der Waals surface area contributed by atoms with Gasteiger partial charge in [-0.05, 0) is 60.5 Å². The highest BCUT2D eigenvalue weighted by Crippen LogP contribution is 2.27. The van der Waals surface area contributed by atoms with E-state index >= 15 is 0 Å². The number of aryl methyl sites for hydroxylation is 1. The lowest BCUT2D eigenvalue weighted by Gasteiger charge is -2.13. The molecule has 0 saturated heterocycles. The topological polar surface area (TPSA) is 116 Å². The fourth-order valence-corrected chi connectivity index (χ4v) is 3.36. The number of hydrogen-bond donors (Lipinski definition) is 1. The molecule has 3 rings (SSSR count). The number of hydrogen-bond acceptors (Lipinski definition) is 7. The quantitative estimate of drug-likeness (QED) is 0.372. The summed E-state index contributed by atoms with van der Waals surface area (Å²) in [5, 5.41) is 24.9. The molecule has 3 aromatic rings. The van der Waals surface area contributed by atoms with Crippen LogP contribution in [0.2, 0.25) is 0 Å². The molecule has 0 radical (unpaired) electrons. The fraction of sp³-hybridized carbons (Fsp3) is 0.222. The van der Waals surface area contributed by atoms with Gasteiger partial charge in [0.05, 0.1) is 15.9 Å². The number of carbonyl (C=O) groups excluding carboxylic acids is 1. The molecule has 0 aliphatic heterocycles. The number of thioether (sulfide) groups is 1. The van der Waals surface area contributed by atoms with Crippen LogP contribution in [0.25, 0.3) is 5.69 Å². The van der Waals surface area contributed by atoms with Crippen molar-refractivity contribution in [2.24, 2.45) is 0 Å². The minimum absolute atomic E-state index is 0.129. The van der Waals surface area contributed by atoms with E-state index in [9.17, 15) is 19.3 Å². The standard InChI is InChI=1S/C18H17FN6O3S/c1-10-5-4-6-15(11(10)2)24-18(21-22-23-24)29-12(3)17(26)20-13-7-8-14(19)16(9-13)25(27)28/h4-9,12H,1-3H3,(H,20,26). The maximum atomic E-state index is 13.5. The number of carbonyl (C=O) groups is 1. The highest BCUT2D eigenvalue weighted by atomic mass is 32.2. The van der Waals surface area contributed by atoms with Gasteiger partial charge in [0.25, 0.3) is 0 Å². The minimum atomic E-state index is -0.969. The van der Waals surface area contributed by atoms with Crippen molar-refractivity contribution in [3.05, 3.63) is 63.5 Å². The molecule has 1 amide bonds. The van der Waals surface area contributed by atoms with Crippen molar-refractivity contribution >= 4 is 29.0 Å². The second-order valence-corrected chi connectivity index (χ2v) is 7.57. The Morgan fingerprint density at radius 2 is 2.07 bits per heavy atom. The zero-order valence-corrected chi connectivity index (χ0v) is 16.6. The summed E-state index contributed by atoms with van der Waals surface area (Å²) in [5.41, 5.74) is 2.32. The third kappa shape index (κ3) is 4.40. The molecule has 0 bridgehead atoms. The van der Waals surface area contributed by atoms with E-state index in [2.05, 4.69) is 20.8 Å². The first-order chi connectivity index (χ1) is 13.8. The average molecular weight is 416 g/mol. The van der Waals surface area contributed by atoms with Gasteiger partial charge in [-0.1, -0.05) is 23.9 Å². The van der Waals surface area contributed by atoms with Crippen LogP contribution in [0, 0.1) is 29.8 Å². The molecule has 0 aliphatic carbocycles. The van der Waals surface area contributed by atoms with Crippen LogP contribution in [0.5, 0.6) is 0 Å². The van der Waals surface area contributed by atoms with Gasteiger partial charge >= 0.3 is 5.69 Å². The number of tetrazole rings is 1. The summed E-state index contributed by atoms with van der Waals surface area (Å²) >= 11 is 1.13. The number of rotatable bonds is 6. The zero-order valence-electron chi connectivity index (χ0n) is 15.8. The summed E-state index contributed by atoms with van der Waals surface area (Å²) in [6.07, 6.45) is 0. The van der Waals surface area contributed by atoms with Crippen LogP contribution in [0.3, 0.4) is 0 Å². The van der Waals surface area contributed by atoms with Gasteiger partial charge in [0.1, 0.15) is 0 Å². The Bertz CT molecular complexity index is 1090. The lowest BCUT2D eigenvalue weighted by molar-refractivity contribution is -0.387. The van der Waals surface area contributed by atoms with Crippen molar-refractivity contribution in [1.29, 1.82) is 0 Å². The monoisotopic (exact) mass is 416 g/mol. The van der Waals surface area contributed by atoms with E-state index in [0.29, 0.717) is 5.16 Å². The average Bonchev–Trinajstić information content (AvgIpc) is 3.13. The van der Waals surface area contributed by atoms with E-state index in [4.69, 9.17) is 0 Å². The van der Waals surface area contributed by atoms with Gasteiger partial charge < -0.3 is 5.32 Å². The Labute approximate surface area is 169 Å². The molecule has 0 aliphatic rings. The summed E-state index contributed by atoms with van der Waals surface area (Å²) in [6, 6.07) is 8.93. The summed E-state index contributed by atoms with van der Waals surface area (Å²) in [6.45, 7) is 5.59. The molecular weight excluding hydrogens is 399 g/mol. The van der Waals surface area contributed by atoms with Crippen LogP contribution in [0.15, 0.2) is 41.6 Å². The molecule has 0 spiro atoms. The summed E-state index contributed by atoms with van der Waals surface area (Å²) < 4.78 is 15.0. The third-order valence-corrected chi connectivity index (χ3v) is 5.34. The van der Waals surface area contributed by atoms with Crippen LogP contribution >= 0.6 is 11.8 Å². The Morgan fingerprint density at radius 3 is 2.79 bits per heavy atom. The Balaban J connectivity index is 1.76. The summed E-state index contributed by atoms with van der Waals surface area (Å²) in [4.78, 5) is 22.5. The van der Waals surface area contributed by atoms with E-state index in [1.54, 1.807) is 11.6 Å². The number of anilines is 1. The van der Waals surface area contributed by atoms with Crippen molar-refractivity contribution in [3.63, 3.8) is 0 Å². The van der Waals surface area contributed by atoms with Crippen molar-refractivity contribution in [2.45, 2.75) is 31.2 Å². The highest BCUT2D eigenvalue weighted by molar-refractivity contribution is 8.00. The lowest BCUT2D eigenvalue weighted by Crippen LogP contribution is -2.23. The van der Waals surface area contributed by atoms with Gasteiger partial charge in [0.15, 0.2) is 0 Å². The molecule has 0 saturated carbocycles. The first kappa shape index (κ1) is 20.4. The molecule has 11 heteroatoms. The molecule has 150 valence electrons. The smallest absolute Gasteiger partial charge is 0.306 e. The van der Waals surface area contributed by atoms with Crippen LogP contribution in [0.4, 0.5) is 15.8 Å². The van der Waals surface area contributed by atoms with Gasteiger partial charge in [-0.25, -0.2) is 0 Å². The van der Waals surface area contributed by atoms with E-state index in [1.165, 1.54) is 6.07 Å². The number of amides is 1. The summed E-state index contributed by atoms with van der Waals surface area (Å²) in [7, 11) is 0. The number of nitrogens with one attached hydrogen (secondary N) is 1. The molecule has 0 fully saturated rings. The maximum absolute atomic E-state index is 13.5. The lowest BCUT2D eigenvalue weighted by atomic mass is 10.1. The Morgan fingerprint density at radius 1 is 1.31 bits per heavy atom. The normalized spacial score (nSPS) is 11.9. The van der Waals surface area contributed by atoms with Crippen LogP contribution in [-0.4, -0.2) is 36.3 Å². The number of halogens is 1.